The number of amides is 1. The van der Waals surface area contributed by atoms with Crippen molar-refractivity contribution in [2.24, 2.45) is 5.73 Å². The Morgan fingerprint density at radius 3 is 3.25 bits per heavy atom. The zero-order valence-electron chi connectivity index (χ0n) is 9.13. The minimum atomic E-state index is 0.0846. The zero-order chi connectivity index (χ0) is 11.4. The molecule has 0 bridgehead atoms. The van der Waals surface area contributed by atoms with Crippen LogP contribution in [-0.2, 0) is 4.79 Å². The molecule has 0 aliphatic carbocycles. The van der Waals surface area contributed by atoms with Crippen LogP contribution in [0.3, 0.4) is 0 Å². The van der Waals surface area contributed by atoms with Gasteiger partial charge in [0.1, 0.15) is 0 Å². The van der Waals surface area contributed by atoms with Crippen LogP contribution < -0.4 is 5.73 Å². The maximum Gasteiger partial charge on any atom is 0.246 e. The monoisotopic (exact) mass is 236 g/mol. The third-order valence-electron chi connectivity index (χ3n) is 2.87. The van der Waals surface area contributed by atoms with Gasteiger partial charge in [0.15, 0.2) is 0 Å². The second kappa shape index (κ2) is 5.27. The Labute approximate surface area is 99.6 Å². The first-order valence-corrected chi connectivity index (χ1v) is 6.41. The van der Waals surface area contributed by atoms with E-state index in [-0.39, 0.29) is 11.9 Å². The van der Waals surface area contributed by atoms with E-state index in [2.05, 4.69) is 0 Å². The van der Waals surface area contributed by atoms with E-state index >= 15 is 0 Å². The number of rotatable bonds is 3. The summed E-state index contributed by atoms with van der Waals surface area (Å²) in [5.74, 6) is 0.0846. The van der Waals surface area contributed by atoms with Gasteiger partial charge < -0.3 is 10.6 Å². The third kappa shape index (κ3) is 2.51. The van der Waals surface area contributed by atoms with Gasteiger partial charge in [-0.25, -0.2) is 0 Å². The van der Waals surface area contributed by atoms with Gasteiger partial charge in [0.05, 0.1) is 0 Å². The molecule has 1 aliphatic rings. The van der Waals surface area contributed by atoms with E-state index in [9.17, 15) is 4.79 Å². The molecule has 1 fully saturated rings. The molecule has 1 saturated heterocycles. The second-order valence-electron chi connectivity index (χ2n) is 3.91. The summed E-state index contributed by atoms with van der Waals surface area (Å²) >= 11 is 1.63. The minimum Gasteiger partial charge on any atom is -0.335 e. The summed E-state index contributed by atoms with van der Waals surface area (Å²) in [5, 5.41) is 2.00. The molecule has 0 radical (unpaired) electrons. The molecule has 1 unspecified atom stereocenters. The summed E-state index contributed by atoms with van der Waals surface area (Å²) in [5.41, 5.74) is 5.64. The van der Waals surface area contributed by atoms with Crippen LogP contribution in [0.1, 0.15) is 17.7 Å². The number of thiophene rings is 1. The van der Waals surface area contributed by atoms with E-state index in [1.54, 1.807) is 17.4 Å². The van der Waals surface area contributed by atoms with Crippen molar-refractivity contribution in [3.63, 3.8) is 0 Å². The van der Waals surface area contributed by atoms with Crippen molar-refractivity contribution in [2.75, 3.05) is 13.1 Å². The van der Waals surface area contributed by atoms with Gasteiger partial charge in [0.25, 0.3) is 0 Å². The highest BCUT2D eigenvalue weighted by molar-refractivity contribution is 7.10. The summed E-state index contributed by atoms with van der Waals surface area (Å²) in [6, 6.07) is 4.21. The van der Waals surface area contributed by atoms with Crippen molar-refractivity contribution in [1.82, 2.24) is 4.90 Å². The van der Waals surface area contributed by atoms with E-state index < -0.39 is 0 Å². The van der Waals surface area contributed by atoms with Gasteiger partial charge >= 0.3 is 0 Å². The number of hydrogen-bond donors (Lipinski definition) is 1. The highest BCUT2D eigenvalue weighted by Crippen LogP contribution is 2.17. The number of carbonyl (C=O) groups is 1. The van der Waals surface area contributed by atoms with Crippen LogP contribution in [0.4, 0.5) is 0 Å². The molecule has 1 aliphatic heterocycles. The number of nitrogens with zero attached hydrogens (tertiary/aromatic N) is 1. The Kier molecular flexibility index (Phi) is 3.74. The van der Waals surface area contributed by atoms with Crippen LogP contribution >= 0.6 is 11.3 Å². The van der Waals surface area contributed by atoms with E-state index in [1.807, 2.05) is 28.5 Å². The SMILES string of the molecule is NCC1CCCN1C(=O)/C=C/c1cccs1. The van der Waals surface area contributed by atoms with Gasteiger partial charge in [-0.05, 0) is 30.4 Å². The summed E-state index contributed by atoms with van der Waals surface area (Å²) < 4.78 is 0. The van der Waals surface area contributed by atoms with E-state index in [0.717, 1.165) is 24.3 Å². The lowest BCUT2D eigenvalue weighted by molar-refractivity contribution is -0.126. The van der Waals surface area contributed by atoms with Gasteiger partial charge in [-0.1, -0.05) is 6.07 Å². The standard InChI is InChI=1S/C12H16N2OS/c13-9-10-3-1-7-14(10)12(15)6-5-11-4-2-8-16-11/h2,4-6,8,10H,1,3,7,9,13H2/b6-5+. The molecular formula is C12H16N2OS. The van der Waals surface area contributed by atoms with Gasteiger partial charge in [-0.3, -0.25) is 4.79 Å². The van der Waals surface area contributed by atoms with Crippen molar-refractivity contribution in [3.8, 4) is 0 Å². The molecule has 1 amide bonds. The molecule has 0 spiro atoms. The molecule has 1 aromatic rings. The van der Waals surface area contributed by atoms with Gasteiger partial charge in [-0.15, -0.1) is 11.3 Å². The fraction of sp³-hybridized carbons (Fsp3) is 0.417. The molecule has 3 nitrogen and oxygen atoms in total. The Balaban J connectivity index is 1.97. The maximum atomic E-state index is 11.9. The van der Waals surface area contributed by atoms with Crippen molar-refractivity contribution >= 4 is 23.3 Å². The molecular weight excluding hydrogens is 220 g/mol. The molecule has 0 aromatic carbocycles. The molecule has 2 rings (SSSR count). The van der Waals surface area contributed by atoms with Crippen molar-refractivity contribution in [3.05, 3.63) is 28.5 Å². The zero-order valence-corrected chi connectivity index (χ0v) is 9.95. The van der Waals surface area contributed by atoms with Crippen LogP contribution in [0.5, 0.6) is 0 Å². The molecule has 16 heavy (non-hydrogen) atoms. The lowest BCUT2D eigenvalue weighted by atomic mass is 10.2. The van der Waals surface area contributed by atoms with Crippen LogP contribution in [0.25, 0.3) is 6.08 Å². The molecule has 0 saturated carbocycles. The van der Waals surface area contributed by atoms with Gasteiger partial charge in [-0.2, -0.15) is 0 Å². The average molecular weight is 236 g/mol. The third-order valence-corrected chi connectivity index (χ3v) is 3.70. The van der Waals surface area contributed by atoms with E-state index in [0.29, 0.717) is 6.54 Å². The maximum absolute atomic E-state index is 11.9. The largest absolute Gasteiger partial charge is 0.335 e. The number of likely N-dealkylation sites (tertiary alicyclic amines) is 1. The second-order valence-corrected chi connectivity index (χ2v) is 4.89. The molecule has 2 N–H and O–H groups in total. The summed E-state index contributed by atoms with van der Waals surface area (Å²) in [4.78, 5) is 14.9. The van der Waals surface area contributed by atoms with Gasteiger partial charge in [0, 0.05) is 30.1 Å². The Morgan fingerprint density at radius 2 is 2.56 bits per heavy atom. The lowest BCUT2D eigenvalue weighted by Crippen LogP contribution is -2.38. The fourth-order valence-corrected chi connectivity index (χ4v) is 2.62. The Hall–Kier alpha value is -1.13. The molecule has 4 heteroatoms. The normalized spacial score (nSPS) is 20.8. The fourth-order valence-electron chi connectivity index (χ4n) is 2.01. The van der Waals surface area contributed by atoms with Crippen LogP contribution in [0, 0.1) is 0 Å². The predicted octanol–water partition coefficient (Wildman–Crippen LogP) is 1.71. The predicted molar refractivity (Wildman–Crippen MR) is 67.1 cm³/mol. The molecule has 1 atom stereocenters. The van der Waals surface area contributed by atoms with E-state index in [4.69, 9.17) is 5.73 Å². The van der Waals surface area contributed by atoms with Crippen LogP contribution in [-0.4, -0.2) is 29.9 Å². The first kappa shape index (κ1) is 11.4. The molecule has 1 aromatic heterocycles. The van der Waals surface area contributed by atoms with Crippen molar-refractivity contribution in [1.29, 1.82) is 0 Å². The first-order chi connectivity index (χ1) is 7.81. The smallest absolute Gasteiger partial charge is 0.246 e. The van der Waals surface area contributed by atoms with Crippen LogP contribution in [0.2, 0.25) is 0 Å². The Morgan fingerprint density at radius 1 is 1.69 bits per heavy atom. The van der Waals surface area contributed by atoms with E-state index in [1.165, 1.54) is 0 Å². The minimum absolute atomic E-state index is 0.0846. The Bertz CT molecular complexity index is 372. The molecule has 86 valence electrons. The van der Waals surface area contributed by atoms with Crippen molar-refractivity contribution in [2.45, 2.75) is 18.9 Å². The van der Waals surface area contributed by atoms with Crippen LogP contribution in [0.15, 0.2) is 23.6 Å². The van der Waals surface area contributed by atoms with Gasteiger partial charge in [0.2, 0.25) is 5.91 Å². The first-order valence-electron chi connectivity index (χ1n) is 5.53. The summed E-state index contributed by atoms with van der Waals surface area (Å²) in [6.45, 7) is 1.41. The number of nitrogens with two attached hydrogens (primary N) is 1. The number of carbonyl (C=O) groups excluding carboxylic acids is 1. The highest BCUT2D eigenvalue weighted by atomic mass is 32.1. The summed E-state index contributed by atoms with van der Waals surface area (Å²) in [6.07, 6.45) is 5.63. The quantitative estimate of drug-likeness (QED) is 0.812. The topological polar surface area (TPSA) is 46.3 Å². The number of hydrogen-bond acceptors (Lipinski definition) is 3. The lowest BCUT2D eigenvalue weighted by Gasteiger charge is -2.21. The van der Waals surface area contributed by atoms with Crippen molar-refractivity contribution < 1.29 is 4.79 Å². The summed E-state index contributed by atoms with van der Waals surface area (Å²) in [7, 11) is 0. The average Bonchev–Trinajstić information content (AvgIpc) is 2.96. The highest BCUT2D eigenvalue weighted by Gasteiger charge is 2.25. The molecule has 2 heterocycles.